The molecule has 0 fully saturated rings. The molecule has 3 aromatic rings. The van der Waals surface area contributed by atoms with Crippen LogP contribution in [0.3, 0.4) is 0 Å². The van der Waals surface area contributed by atoms with Gasteiger partial charge in [0.05, 0.1) is 21.3 Å². The van der Waals surface area contributed by atoms with E-state index in [1.807, 2.05) is 37.3 Å². The second-order valence-electron chi connectivity index (χ2n) is 5.65. The lowest BCUT2D eigenvalue weighted by Gasteiger charge is -2.09. The Labute approximate surface area is 154 Å². The molecule has 0 bridgehead atoms. The van der Waals surface area contributed by atoms with E-state index in [0.717, 1.165) is 5.56 Å². The van der Waals surface area contributed by atoms with E-state index in [4.69, 9.17) is 9.66 Å². The fourth-order valence-electron chi connectivity index (χ4n) is 2.66. The highest BCUT2D eigenvalue weighted by Gasteiger charge is 2.27. The minimum absolute atomic E-state index is 0.0601. The Morgan fingerprint density at radius 3 is 2.38 bits per heavy atom. The Hall–Kier alpha value is -2.29. The summed E-state index contributed by atoms with van der Waals surface area (Å²) in [7, 11) is -5.43. The summed E-state index contributed by atoms with van der Waals surface area (Å²) < 4.78 is 42.2. The van der Waals surface area contributed by atoms with E-state index in [1.165, 1.54) is 6.07 Å². The molecular formula is C18H18N2O4S2. The van der Waals surface area contributed by atoms with Crippen molar-refractivity contribution in [3.63, 3.8) is 0 Å². The van der Waals surface area contributed by atoms with Crippen LogP contribution in [0.5, 0.6) is 0 Å². The van der Waals surface area contributed by atoms with Crippen LogP contribution >= 0.6 is 0 Å². The lowest BCUT2D eigenvalue weighted by molar-refractivity contribution is 0.348. The van der Waals surface area contributed by atoms with Crippen molar-refractivity contribution in [3.8, 4) is 22.4 Å². The zero-order valence-electron chi connectivity index (χ0n) is 14.1. The number of nitrogens with two attached hydrogens (primary N) is 1. The number of benzene rings is 2. The number of sulfonamides is 1. The van der Waals surface area contributed by atoms with Gasteiger partial charge in [0.25, 0.3) is 0 Å². The van der Waals surface area contributed by atoms with Crippen molar-refractivity contribution in [1.82, 2.24) is 5.16 Å². The second kappa shape index (κ2) is 7.53. The first-order chi connectivity index (χ1) is 12.4. The molecule has 0 saturated carbocycles. The van der Waals surface area contributed by atoms with Crippen molar-refractivity contribution in [2.45, 2.75) is 23.3 Å². The lowest BCUT2D eigenvalue weighted by Crippen LogP contribution is -2.13. The quantitative estimate of drug-likeness (QED) is 0.696. The van der Waals surface area contributed by atoms with Crippen molar-refractivity contribution in [1.29, 1.82) is 0 Å². The monoisotopic (exact) mass is 390 g/mol. The molecule has 3 rings (SSSR count). The molecule has 8 heteroatoms. The Morgan fingerprint density at radius 1 is 1.08 bits per heavy atom. The maximum absolute atomic E-state index is 12.6. The van der Waals surface area contributed by atoms with E-state index in [-0.39, 0.29) is 9.99 Å². The molecular weight excluding hydrogens is 372 g/mol. The van der Waals surface area contributed by atoms with Crippen LogP contribution in [0.1, 0.15) is 13.3 Å². The van der Waals surface area contributed by atoms with Crippen LogP contribution in [-0.2, 0) is 20.8 Å². The molecule has 0 aliphatic rings. The third kappa shape index (κ3) is 3.62. The van der Waals surface area contributed by atoms with Crippen LogP contribution in [0.2, 0.25) is 0 Å². The van der Waals surface area contributed by atoms with E-state index < -0.39 is 20.8 Å². The van der Waals surface area contributed by atoms with Gasteiger partial charge in [0.15, 0.2) is 0 Å². The highest BCUT2D eigenvalue weighted by atomic mass is 32.2. The third-order valence-electron chi connectivity index (χ3n) is 3.77. The lowest BCUT2D eigenvalue weighted by atomic mass is 10.0. The topological polar surface area (TPSA) is 103 Å². The van der Waals surface area contributed by atoms with Crippen LogP contribution in [-0.4, -0.2) is 23.5 Å². The first kappa shape index (κ1) is 18.5. The fourth-order valence-corrected chi connectivity index (χ4v) is 4.52. The molecule has 1 aromatic heterocycles. The molecule has 1 atom stereocenters. The molecule has 136 valence electrons. The average molecular weight is 390 g/mol. The Bertz CT molecular complexity index is 1040. The summed E-state index contributed by atoms with van der Waals surface area (Å²) in [6.07, 6.45) is 0.685. The normalized spacial score (nSPS) is 12.8. The molecule has 0 radical (unpaired) electrons. The predicted molar refractivity (Wildman–Crippen MR) is 100 cm³/mol. The zero-order valence-corrected chi connectivity index (χ0v) is 15.7. The summed E-state index contributed by atoms with van der Waals surface area (Å²) in [5, 5.41) is 9.62. The molecule has 26 heavy (non-hydrogen) atoms. The van der Waals surface area contributed by atoms with Gasteiger partial charge in [-0.3, -0.25) is 4.21 Å². The third-order valence-corrected chi connectivity index (χ3v) is 6.21. The smallest absolute Gasteiger partial charge is 0.238 e. The van der Waals surface area contributed by atoms with Crippen LogP contribution in [0.4, 0.5) is 0 Å². The summed E-state index contributed by atoms with van der Waals surface area (Å²) in [6.45, 7) is 1.91. The van der Waals surface area contributed by atoms with Gasteiger partial charge >= 0.3 is 0 Å². The van der Waals surface area contributed by atoms with Gasteiger partial charge in [0.2, 0.25) is 15.1 Å². The molecule has 0 aliphatic carbocycles. The first-order valence-electron chi connectivity index (χ1n) is 7.99. The van der Waals surface area contributed by atoms with Gasteiger partial charge in [-0.2, -0.15) is 0 Å². The molecule has 0 spiro atoms. The summed E-state index contributed by atoms with van der Waals surface area (Å²) in [4.78, 5) is -0.0601. The van der Waals surface area contributed by atoms with Crippen molar-refractivity contribution in [3.05, 3.63) is 54.6 Å². The molecule has 1 unspecified atom stereocenters. The molecule has 0 aliphatic heterocycles. The van der Waals surface area contributed by atoms with E-state index in [2.05, 4.69) is 5.16 Å². The molecule has 2 aromatic carbocycles. The first-order valence-corrected chi connectivity index (χ1v) is 10.9. The fraction of sp³-hybridized carbons (Fsp3) is 0.167. The van der Waals surface area contributed by atoms with E-state index in [0.29, 0.717) is 29.0 Å². The van der Waals surface area contributed by atoms with Gasteiger partial charge in [-0.15, -0.1) is 0 Å². The van der Waals surface area contributed by atoms with Crippen molar-refractivity contribution in [2.24, 2.45) is 5.14 Å². The average Bonchev–Trinajstić information content (AvgIpc) is 3.07. The maximum Gasteiger partial charge on any atom is 0.238 e. The van der Waals surface area contributed by atoms with Crippen LogP contribution in [0.25, 0.3) is 22.4 Å². The number of hydrogen-bond acceptors (Lipinski definition) is 5. The number of rotatable bonds is 6. The largest absolute Gasteiger partial charge is 0.346 e. The van der Waals surface area contributed by atoms with E-state index in [9.17, 15) is 12.6 Å². The number of hydrogen-bond donors (Lipinski definition) is 1. The predicted octanol–water partition coefficient (Wildman–Crippen LogP) is 3.17. The van der Waals surface area contributed by atoms with E-state index in [1.54, 1.807) is 18.2 Å². The number of nitrogens with zero attached hydrogens (tertiary/aromatic N) is 1. The highest BCUT2D eigenvalue weighted by molar-refractivity contribution is 7.89. The SMILES string of the molecule is CCCS(=O)c1onc(-c2ccccc2)c1-c1ccccc1S(N)(=O)=O. The Kier molecular flexibility index (Phi) is 5.36. The summed E-state index contributed by atoms with van der Waals surface area (Å²) in [5.41, 5.74) is 1.89. The Balaban J connectivity index is 2.32. The van der Waals surface area contributed by atoms with Crippen LogP contribution in [0, 0.1) is 0 Å². The summed E-state index contributed by atoms with van der Waals surface area (Å²) in [6, 6.07) is 15.5. The standard InChI is InChI=1S/C18H18N2O4S2/c1-2-12-25(21)18-16(14-10-6-7-11-15(14)26(19,22)23)17(20-24-18)13-8-4-3-5-9-13/h3-11H,2,12H2,1H3,(H2,19,22,23). The number of aromatic nitrogens is 1. The van der Waals surface area contributed by atoms with Gasteiger partial charge in [0.1, 0.15) is 5.69 Å². The van der Waals surface area contributed by atoms with Crippen LogP contribution in [0.15, 0.2) is 69.1 Å². The maximum atomic E-state index is 12.6. The molecule has 0 saturated heterocycles. The molecule has 6 nitrogen and oxygen atoms in total. The molecule has 1 heterocycles. The number of primary sulfonamides is 1. The highest BCUT2D eigenvalue weighted by Crippen LogP contribution is 2.39. The summed E-state index contributed by atoms with van der Waals surface area (Å²) in [5.74, 6) is 0.383. The van der Waals surface area contributed by atoms with Gasteiger partial charge in [0, 0.05) is 16.9 Å². The van der Waals surface area contributed by atoms with Crippen molar-refractivity contribution in [2.75, 3.05) is 5.75 Å². The van der Waals surface area contributed by atoms with Crippen molar-refractivity contribution < 1.29 is 17.1 Å². The molecule has 0 amide bonds. The zero-order chi connectivity index (χ0) is 18.7. The van der Waals surface area contributed by atoms with Gasteiger partial charge in [-0.25, -0.2) is 13.6 Å². The summed E-state index contributed by atoms with van der Waals surface area (Å²) >= 11 is 0. The minimum atomic E-state index is -3.98. The second-order valence-corrected chi connectivity index (χ2v) is 8.65. The molecule has 2 N–H and O–H groups in total. The minimum Gasteiger partial charge on any atom is -0.346 e. The van der Waals surface area contributed by atoms with E-state index >= 15 is 0 Å². The van der Waals surface area contributed by atoms with Gasteiger partial charge < -0.3 is 4.52 Å². The van der Waals surface area contributed by atoms with Crippen molar-refractivity contribution >= 4 is 20.8 Å². The van der Waals surface area contributed by atoms with Gasteiger partial charge in [-0.05, 0) is 12.5 Å². The van der Waals surface area contributed by atoms with Crippen LogP contribution < -0.4 is 5.14 Å². The Morgan fingerprint density at radius 2 is 1.73 bits per heavy atom. The van der Waals surface area contributed by atoms with Gasteiger partial charge in [-0.1, -0.05) is 60.6 Å².